The van der Waals surface area contributed by atoms with E-state index in [-0.39, 0.29) is 10.7 Å². The van der Waals surface area contributed by atoms with Crippen molar-refractivity contribution in [2.24, 2.45) is 0 Å². The molecule has 0 fully saturated rings. The van der Waals surface area contributed by atoms with Gasteiger partial charge in [-0.05, 0) is 24.3 Å². The topological polar surface area (TPSA) is 90.0 Å². The Morgan fingerprint density at radius 2 is 1.76 bits per heavy atom. The third kappa shape index (κ3) is 4.06. The number of nitrogens with one attached hydrogen (secondary N) is 1. The molecule has 10 heteroatoms. The van der Waals surface area contributed by atoms with Crippen molar-refractivity contribution in [2.45, 2.75) is 6.92 Å². The molecule has 0 spiro atoms. The lowest BCUT2D eigenvalue weighted by Gasteiger charge is -2.21. The molecule has 152 valence electrons. The number of anilines is 1. The van der Waals surface area contributed by atoms with Crippen molar-refractivity contribution in [3.63, 3.8) is 0 Å². The molecule has 29 heavy (non-hydrogen) atoms. The number of hydrogen-bond acceptors (Lipinski definition) is 7. The van der Waals surface area contributed by atoms with E-state index in [1.165, 1.54) is 51.7 Å². The summed E-state index contributed by atoms with van der Waals surface area (Å²) in [5.41, 5.74) is 3.27. The molecule has 3 rings (SSSR count). The summed E-state index contributed by atoms with van der Waals surface area (Å²) >= 11 is 7.42. The van der Waals surface area contributed by atoms with Crippen molar-refractivity contribution >= 4 is 50.1 Å². The Balaban J connectivity index is 2.10. The van der Waals surface area contributed by atoms with Crippen molar-refractivity contribution in [1.29, 1.82) is 0 Å². The van der Waals surface area contributed by atoms with Crippen molar-refractivity contribution in [3.8, 4) is 17.2 Å². The number of methoxy groups -OCH3 is 3. The Hall–Kier alpha value is -3.04. The molecule has 1 N–H and O–H groups in total. The van der Waals surface area contributed by atoms with E-state index in [9.17, 15) is 9.59 Å². The Kier molecular flexibility index (Phi) is 6.09. The van der Waals surface area contributed by atoms with Crippen LogP contribution in [-0.2, 0) is 4.79 Å². The van der Waals surface area contributed by atoms with Crippen LogP contribution in [0.15, 0.2) is 30.3 Å². The standard InChI is InChI=1S/C19H18ClN3O5S/c1-10(24)22-23(19-21-16-12(20)6-5-7-15(16)29-19)18(25)11-8-13(26-2)17(28-4)14(9-11)27-3/h5-9H,1-4H3,(H,22,24). The maximum Gasteiger partial charge on any atom is 0.279 e. The van der Waals surface area contributed by atoms with Crippen molar-refractivity contribution < 1.29 is 23.8 Å². The van der Waals surface area contributed by atoms with Gasteiger partial charge in [0.1, 0.15) is 5.52 Å². The fourth-order valence-electron chi connectivity index (χ4n) is 2.68. The van der Waals surface area contributed by atoms with Crippen LogP contribution >= 0.6 is 22.9 Å². The first-order chi connectivity index (χ1) is 13.9. The second-order valence-corrected chi connectivity index (χ2v) is 7.22. The van der Waals surface area contributed by atoms with E-state index in [0.717, 1.165) is 9.71 Å². The monoisotopic (exact) mass is 435 g/mol. The third-order valence-electron chi connectivity index (χ3n) is 3.93. The van der Waals surface area contributed by atoms with E-state index < -0.39 is 11.8 Å². The molecule has 0 bridgehead atoms. The van der Waals surface area contributed by atoms with E-state index in [1.807, 2.05) is 6.07 Å². The minimum absolute atomic E-state index is 0.207. The molecule has 0 aliphatic carbocycles. The van der Waals surface area contributed by atoms with Gasteiger partial charge in [-0.3, -0.25) is 15.0 Å². The molecule has 1 aromatic heterocycles. The number of carbonyl (C=O) groups is 2. The zero-order chi connectivity index (χ0) is 21.1. The second kappa shape index (κ2) is 8.54. The Morgan fingerprint density at radius 1 is 1.10 bits per heavy atom. The molecule has 0 saturated carbocycles. The third-order valence-corrected chi connectivity index (χ3v) is 5.24. The number of nitrogens with zero attached hydrogens (tertiary/aromatic N) is 2. The summed E-state index contributed by atoms with van der Waals surface area (Å²) in [6.07, 6.45) is 0. The van der Waals surface area contributed by atoms with Gasteiger partial charge in [0.2, 0.25) is 16.8 Å². The molecule has 1 heterocycles. The lowest BCUT2D eigenvalue weighted by Crippen LogP contribution is -2.45. The number of halogens is 1. The largest absolute Gasteiger partial charge is 0.493 e. The van der Waals surface area contributed by atoms with Crippen LogP contribution in [0.25, 0.3) is 10.2 Å². The molecule has 0 aliphatic rings. The van der Waals surface area contributed by atoms with E-state index in [0.29, 0.717) is 27.8 Å². The lowest BCUT2D eigenvalue weighted by atomic mass is 10.1. The molecule has 2 amide bonds. The van der Waals surface area contributed by atoms with Gasteiger partial charge in [-0.25, -0.2) is 4.98 Å². The average molecular weight is 436 g/mol. The molecule has 0 unspecified atom stereocenters. The number of fused-ring (bicyclic) bond motifs is 1. The fourth-order valence-corrected chi connectivity index (χ4v) is 3.90. The number of rotatable bonds is 5. The number of para-hydroxylation sites is 1. The minimum Gasteiger partial charge on any atom is -0.493 e. The first-order valence-corrected chi connectivity index (χ1v) is 9.55. The number of hydrogen-bond donors (Lipinski definition) is 1. The maximum absolute atomic E-state index is 13.3. The van der Waals surface area contributed by atoms with Crippen LogP contribution in [0.3, 0.4) is 0 Å². The number of carbonyl (C=O) groups excluding carboxylic acids is 2. The zero-order valence-electron chi connectivity index (χ0n) is 16.1. The van der Waals surface area contributed by atoms with Gasteiger partial charge in [0, 0.05) is 12.5 Å². The van der Waals surface area contributed by atoms with Gasteiger partial charge < -0.3 is 14.2 Å². The number of benzene rings is 2. The quantitative estimate of drug-likeness (QED) is 0.615. The lowest BCUT2D eigenvalue weighted by molar-refractivity contribution is -0.119. The number of thiazole rings is 1. The predicted octanol–water partition coefficient (Wildman–Crippen LogP) is 3.67. The van der Waals surface area contributed by atoms with Crippen LogP contribution in [-0.4, -0.2) is 38.1 Å². The number of aromatic nitrogens is 1. The van der Waals surface area contributed by atoms with E-state index in [1.54, 1.807) is 12.1 Å². The molecule has 0 atom stereocenters. The Morgan fingerprint density at radius 3 is 2.28 bits per heavy atom. The number of hydrazine groups is 1. The van der Waals surface area contributed by atoms with E-state index in [4.69, 9.17) is 25.8 Å². The first-order valence-electron chi connectivity index (χ1n) is 8.36. The summed E-state index contributed by atoms with van der Waals surface area (Å²) in [7, 11) is 4.37. The highest BCUT2D eigenvalue weighted by Gasteiger charge is 2.26. The Bertz CT molecular complexity index is 1060. The molecule has 0 aliphatic heterocycles. The number of amides is 2. The summed E-state index contributed by atoms with van der Waals surface area (Å²) in [5, 5.41) is 1.79. The van der Waals surface area contributed by atoms with E-state index >= 15 is 0 Å². The van der Waals surface area contributed by atoms with Crippen molar-refractivity contribution in [1.82, 2.24) is 10.4 Å². The Labute approximate surface area is 175 Å². The summed E-state index contributed by atoms with van der Waals surface area (Å²) in [4.78, 5) is 29.5. The predicted molar refractivity (Wildman–Crippen MR) is 111 cm³/mol. The van der Waals surface area contributed by atoms with Gasteiger partial charge in [-0.15, -0.1) is 0 Å². The molecule has 0 radical (unpaired) electrons. The maximum atomic E-state index is 13.3. The van der Waals surface area contributed by atoms with Crippen molar-refractivity contribution in [2.75, 3.05) is 26.3 Å². The molecule has 3 aromatic rings. The number of ether oxygens (including phenoxy) is 3. The highest BCUT2D eigenvalue weighted by atomic mass is 35.5. The first kappa shape index (κ1) is 20.7. The molecular weight excluding hydrogens is 418 g/mol. The van der Waals surface area contributed by atoms with Gasteiger partial charge in [-0.1, -0.05) is 29.0 Å². The minimum atomic E-state index is -0.533. The van der Waals surface area contributed by atoms with Crippen molar-refractivity contribution in [3.05, 3.63) is 40.9 Å². The van der Waals surface area contributed by atoms with Crippen LogP contribution < -0.4 is 24.6 Å². The van der Waals surface area contributed by atoms with Gasteiger partial charge in [0.15, 0.2) is 11.5 Å². The normalized spacial score (nSPS) is 10.5. The van der Waals surface area contributed by atoms with Crippen LogP contribution in [0.2, 0.25) is 5.02 Å². The van der Waals surface area contributed by atoms with Gasteiger partial charge in [-0.2, -0.15) is 5.01 Å². The van der Waals surface area contributed by atoms with Crippen LogP contribution in [0.5, 0.6) is 17.2 Å². The van der Waals surface area contributed by atoms with E-state index in [2.05, 4.69) is 10.4 Å². The van der Waals surface area contributed by atoms with Crippen LogP contribution in [0.4, 0.5) is 5.13 Å². The fraction of sp³-hybridized carbons (Fsp3) is 0.211. The zero-order valence-corrected chi connectivity index (χ0v) is 17.7. The van der Waals surface area contributed by atoms with Crippen LogP contribution in [0.1, 0.15) is 17.3 Å². The highest BCUT2D eigenvalue weighted by Crippen LogP contribution is 2.39. The SMILES string of the molecule is COc1cc(C(=O)N(NC(C)=O)c2nc3c(Cl)cccc3s2)cc(OC)c1OC. The molecule has 8 nitrogen and oxygen atoms in total. The van der Waals surface area contributed by atoms with Gasteiger partial charge >= 0.3 is 0 Å². The molecule has 0 saturated heterocycles. The summed E-state index contributed by atoms with van der Waals surface area (Å²) < 4.78 is 16.7. The molecule has 2 aromatic carbocycles. The molecular formula is C19H18ClN3O5S. The average Bonchev–Trinajstić information content (AvgIpc) is 3.15. The highest BCUT2D eigenvalue weighted by molar-refractivity contribution is 7.22. The summed E-state index contributed by atoms with van der Waals surface area (Å²) in [5.74, 6) is 0.00538. The smallest absolute Gasteiger partial charge is 0.279 e. The summed E-state index contributed by atoms with van der Waals surface area (Å²) in [6.45, 7) is 1.30. The van der Waals surface area contributed by atoms with Gasteiger partial charge in [0.05, 0.1) is 31.1 Å². The van der Waals surface area contributed by atoms with Gasteiger partial charge in [0.25, 0.3) is 5.91 Å². The van der Waals surface area contributed by atoms with Crippen LogP contribution in [0, 0.1) is 0 Å². The summed E-state index contributed by atoms with van der Waals surface area (Å²) in [6, 6.07) is 8.32. The second-order valence-electron chi connectivity index (χ2n) is 5.81.